The number of benzene rings is 2. The number of methoxy groups -OCH3 is 1. The van der Waals surface area contributed by atoms with E-state index in [2.05, 4.69) is 48.6 Å². The molecule has 1 aliphatic rings. The zero-order chi connectivity index (χ0) is 13.9. The number of rotatable bonds is 3. The van der Waals surface area contributed by atoms with Gasteiger partial charge in [0.25, 0.3) is 0 Å². The Kier molecular flexibility index (Phi) is 3.64. The van der Waals surface area contributed by atoms with Gasteiger partial charge in [-0.1, -0.05) is 24.3 Å². The minimum Gasteiger partial charge on any atom is -0.496 e. The number of hydrogen-bond acceptors (Lipinski definition) is 2. The minimum absolute atomic E-state index is 0.526. The van der Waals surface area contributed by atoms with Gasteiger partial charge in [0, 0.05) is 11.7 Å². The number of nitrogens with one attached hydrogen (secondary N) is 1. The predicted octanol–water partition coefficient (Wildman–Crippen LogP) is 3.97. The fourth-order valence-corrected chi connectivity index (χ4v) is 3.02. The largest absolute Gasteiger partial charge is 0.496 e. The first-order valence-electron chi connectivity index (χ1n) is 7.24. The van der Waals surface area contributed by atoms with Gasteiger partial charge in [0.15, 0.2) is 0 Å². The quantitative estimate of drug-likeness (QED) is 0.908. The highest BCUT2D eigenvalue weighted by Gasteiger charge is 2.18. The molecule has 2 aromatic rings. The van der Waals surface area contributed by atoms with Crippen molar-refractivity contribution in [2.75, 3.05) is 12.4 Å². The standard InChI is InChI=1S/C18H21NO/c1-13-11-16(9-10-18(13)20-2)19-17-8-7-14-5-3-4-6-15(14)12-17/h3-6,9-11,17,19H,7-8,12H2,1-2H3. The molecule has 0 amide bonds. The SMILES string of the molecule is COc1ccc(NC2CCc3ccccc3C2)cc1C. The zero-order valence-electron chi connectivity index (χ0n) is 12.1. The van der Waals surface area contributed by atoms with Gasteiger partial charge in [-0.25, -0.2) is 0 Å². The molecule has 20 heavy (non-hydrogen) atoms. The molecule has 2 heteroatoms. The maximum absolute atomic E-state index is 5.31. The summed E-state index contributed by atoms with van der Waals surface area (Å²) in [4.78, 5) is 0. The summed E-state index contributed by atoms with van der Waals surface area (Å²) in [5.41, 5.74) is 5.36. The third-order valence-electron chi connectivity index (χ3n) is 4.11. The zero-order valence-corrected chi connectivity index (χ0v) is 12.1. The van der Waals surface area contributed by atoms with Crippen LogP contribution < -0.4 is 10.1 Å². The van der Waals surface area contributed by atoms with Gasteiger partial charge >= 0.3 is 0 Å². The van der Waals surface area contributed by atoms with Crippen molar-refractivity contribution in [3.05, 3.63) is 59.2 Å². The van der Waals surface area contributed by atoms with E-state index in [0.717, 1.165) is 12.2 Å². The Morgan fingerprint density at radius 3 is 2.65 bits per heavy atom. The highest BCUT2D eigenvalue weighted by molar-refractivity contribution is 5.51. The van der Waals surface area contributed by atoms with Crippen LogP contribution in [-0.2, 0) is 12.8 Å². The lowest BCUT2D eigenvalue weighted by Crippen LogP contribution is -2.27. The third kappa shape index (κ3) is 2.64. The van der Waals surface area contributed by atoms with Gasteiger partial charge in [-0.3, -0.25) is 0 Å². The molecule has 0 bridgehead atoms. The summed E-state index contributed by atoms with van der Waals surface area (Å²) in [5.74, 6) is 0.949. The predicted molar refractivity (Wildman–Crippen MR) is 83.6 cm³/mol. The Labute approximate surface area is 120 Å². The van der Waals surface area contributed by atoms with Crippen molar-refractivity contribution in [2.24, 2.45) is 0 Å². The molecule has 0 radical (unpaired) electrons. The first-order chi connectivity index (χ1) is 9.76. The summed E-state index contributed by atoms with van der Waals surface area (Å²) in [7, 11) is 1.72. The minimum atomic E-state index is 0.526. The summed E-state index contributed by atoms with van der Waals surface area (Å²) in [6.07, 6.45) is 3.48. The lowest BCUT2D eigenvalue weighted by Gasteiger charge is -2.26. The van der Waals surface area contributed by atoms with Gasteiger partial charge in [0.2, 0.25) is 0 Å². The Bertz CT molecular complexity index is 606. The monoisotopic (exact) mass is 267 g/mol. The van der Waals surface area contributed by atoms with Crippen LogP contribution in [0, 0.1) is 6.92 Å². The van der Waals surface area contributed by atoms with Crippen LogP contribution in [0.4, 0.5) is 5.69 Å². The summed E-state index contributed by atoms with van der Waals surface area (Å²) in [6, 6.07) is 15.6. The Morgan fingerprint density at radius 2 is 1.90 bits per heavy atom. The molecule has 2 aromatic carbocycles. The van der Waals surface area contributed by atoms with E-state index in [-0.39, 0.29) is 0 Å². The van der Waals surface area contributed by atoms with Crippen LogP contribution in [0.5, 0.6) is 5.75 Å². The second kappa shape index (κ2) is 5.58. The lowest BCUT2D eigenvalue weighted by molar-refractivity contribution is 0.411. The van der Waals surface area contributed by atoms with Crippen LogP contribution in [-0.4, -0.2) is 13.2 Å². The van der Waals surface area contributed by atoms with Crippen molar-refractivity contribution in [1.82, 2.24) is 0 Å². The van der Waals surface area contributed by atoms with E-state index in [1.165, 1.54) is 35.2 Å². The molecule has 1 aliphatic carbocycles. The van der Waals surface area contributed by atoms with Crippen molar-refractivity contribution in [2.45, 2.75) is 32.2 Å². The molecule has 1 N–H and O–H groups in total. The Balaban J connectivity index is 1.72. The van der Waals surface area contributed by atoms with E-state index in [1.54, 1.807) is 7.11 Å². The number of anilines is 1. The van der Waals surface area contributed by atoms with Crippen LogP contribution in [0.1, 0.15) is 23.1 Å². The van der Waals surface area contributed by atoms with Gasteiger partial charge in [0.1, 0.15) is 5.75 Å². The van der Waals surface area contributed by atoms with Gasteiger partial charge in [-0.15, -0.1) is 0 Å². The van der Waals surface area contributed by atoms with Gasteiger partial charge in [-0.2, -0.15) is 0 Å². The summed E-state index contributed by atoms with van der Waals surface area (Å²) < 4.78 is 5.31. The normalized spacial score (nSPS) is 17.4. The molecule has 104 valence electrons. The van der Waals surface area contributed by atoms with E-state index in [9.17, 15) is 0 Å². The lowest BCUT2D eigenvalue weighted by atomic mass is 9.88. The highest BCUT2D eigenvalue weighted by atomic mass is 16.5. The maximum atomic E-state index is 5.31. The van der Waals surface area contributed by atoms with Crippen LogP contribution in [0.25, 0.3) is 0 Å². The van der Waals surface area contributed by atoms with E-state index in [4.69, 9.17) is 4.74 Å². The van der Waals surface area contributed by atoms with E-state index < -0.39 is 0 Å². The van der Waals surface area contributed by atoms with E-state index in [1.807, 2.05) is 6.07 Å². The van der Waals surface area contributed by atoms with Gasteiger partial charge in [0.05, 0.1) is 7.11 Å². The van der Waals surface area contributed by atoms with Crippen LogP contribution in [0.2, 0.25) is 0 Å². The Hall–Kier alpha value is -1.96. The van der Waals surface area contributed by atoms with Crippen molar-refractivity contribution in [3.8, 4) is 5.75 Å². The van der Waals surface area contributed by atoms with Gasteiger partial charge < -0.3 is 10.1 Å². The molecule has 0 aliphatic heterocycles. The number of aryl methyl sites for hydroxylation is 2. The fraction of sp³-hybridized carbons (Fsp3) is 0.333. The molecule has 0 saturated heterocycles. The first-order valence-corrected chi connectivity index (χ1v) is 7.24. The average Bonchev–Trinajstić information content (AvgIpc) is 2.47. The first kappa shape index (κ1) is 13.0. The third-order valence-corrected chi connectivity index (χ3v) is 4.11. The molecule has 0 fully saturated rings. The highest BCUT2D eigenvalue weighted by Crippen LogP contribution is 2.26. The van der Waals surface area contributed by atoms with Crippen molar-refractivity contribution in [3.63, 3.8) is 0 Å². The van der Waals surface area contributed by atoms with E-state index >= 15 is 0 Å². The van der Waals surface area contributed by atoms with Crippen LogP contribution in [0.15, 0.2) is 42.5 Å². The van der Waals surface area contributed by atoms with Crippen LogP contribution >= 0.6 is 0 Å². The number of hydrogen-bond donors (Lipinski definition) is 1. The molecular formula is C18H21NO. The molecule has 0 aromatic heterocycles. The molecule has 0 heterocycles. The molecule has 0 saturated carbocycles. The summed E-state index contributed by atoms with van der Waals surface area (Å²) in [5, 5.41) is 3.66. The average molecular weight is 267 g/mol. The number of fused-ring (bicyclic) bond motifs is 1. The van der Waals surface area contributed by atoms with Crippen LogP contribution in [0.3, 0.4) is 0 Å². The summed E-state index contributed by atoms with van der Waals surface area (Å²) in [6.45, 7) is 2.08. The molecule has 1 atom stereocenters. The van der Waals surface area contributed by atoms with Crippen molar-refractivity contribution < 1.29 is 4.74 Å². The fourth-order valence-electron chi connectivity index (χ4n) is 3.02. The smallest absolute Gasteiger partial charge is 0.121 e. The molecule has 3 rings (SSSR count). The topological polar surface area (TPSA) is 21.3 Å². The number of ether oxygens (including phenoxy) is 1. The maximum Gasteiger partial charge on any atom is 0.121 e. The summed E-state index contributed by atoms with van der Waals surface area (Å²) >= 11 is 0. The van der Waals surface area contributed by atoms with Crippen molar-refractivity contribution >= 4 is 5.69 Å². The van der Waals surface area contributed by atoms with Crippen molar-refractivity contribution in [1.29, 1.82) is 0 Å². The molecular weight excluding hydrogens is 246 g/mol. The second-order valence-corrected chi connectivity index (χ2v) is 5.54. The van der Waals surface area contributed by atoms with Gasteiger partial charge in [-0.05, 0) is 61.1 Å². The molecule has 0 spiro atoms. The second-order valence-electron chi connectivity index (χ2n) is 5.54. The molecule has 1 unspecified atom stereocenters. The Morgan fingerprint density at radius 1 is 1.10 bits per heavy atom. The van der Waals surface area contributed by atoms with E-state index in [0.29, 0.717) is 6.04 Å². The molecule has 2 nitrogen and oxygen atoms in total.